The van der Waals surface area contributed by atoms with Crippen molar-refractivity contribution < 1.29 is 28.8 Å². The molecule has 3 aromatic rings. The van der Waals surface area contributed by atoms with E-state index in [0.717, 1.165) is 16.8 Å². The number of hydrogen-bond acceptors (Lipinski definition) is 8. The lowest BCUT2D eigenvalue weighted by Crippen LogP contribution is -2.34. The standard InChI is InChI=1S/C26H26N2O6/c1-30-21-11-7-9-17-19-14-18(16-8-5-6-10-20(16)29)27-28(19)26(34-24(17)21)15-12-22(31-2)25(33-4)23(13-15)32-3/h5-13,19,26,29H,14H2,1-4H3/t19-,26-/m0/s1. The highest BCUT2D eigenvalue weighted by molar-refractivity contribution is 6.04. The molecule has 0 radical (unpaired) electrons. The lowest BCUT2D eigenvalue weighted by Gasteiger charge is -2.38. The third kappa shape index (κ3) is 3.42. The SMILES string of the molecule is COc1cc([C@@H]2Oc3c(OC)cccc3[C@@H]3CC(c4ccccc4O)=NN32)cc(OC)c1OC. The van der Waals surface area contributed by atoms with Gasteiger partial charge >= 0.3 is 0 Å². The Labute approximate surface area is 197 Å². The van der Waals surface area contributed by atoms with E-state index in [2.05, 4.69) is 0 Å². The van der Waals surface area contributed by atoms with Gasteiger partial charge in [-0.1, -0.05) is 24.3 Å². The van der Waals surface area contributed by atoms with Crippen LogP contribution in [0.15, 0.2) is 59.7 Å². The minimum atomic E-state index is -0.592. The fraction of sp³-hybridized carbons (Fsp3) is 0.269. The number of nitrogens with zero attached hydrogens (tertiary/aromatic N) is 2. The molecule has 3 aromatic carbocycles. The zero-order valence-corrected chi connectivity index (χ0v) is 19.4. The lowest BCUT2D eigenvalue weighted by molar-refractivity contribution is -0.0211. The summed E-state index contributed by atoms with van der Waals surface area (Å²) < 4.78 is 28.8. The van der Waals surface area contributed by atoms with Crippen molar-refractivity contribution in [2.24, 2.45) is 5.10 Å². The lowest BCUT2D eigenvalue weighted by atomic mass is 9.95. The van der Waals surface area contributed by atoms with Gasteiger partial charge in [-0.15, -0.1) is 0 Å². The van der Waals surface area contributed by atoms with Crippen molar-refractivity contribution in [2.45, 2.75) is 18.7 Å². The predicted octanol–water partition coefficient (Wildman–Crippen LogP) is 4.67. The van der Waals surface area contributed by atoms with Crippen LogP contribution in [0.2, 0.25) is 0 Å². The number of rotatable bonds is 6. The number of benzene rings is 3. The average molecular weight is 463 g/mol. The molecule has 0 unspecified atom stereocenters. The summed E-state index contributed by atoms with van der Waals surface area (Å²) in [6.45, 7) is 0. The van der Waals surface area contributed by atoms with Gasteiger partial charge < -0.3 is 28.8 Å². The Hall–Kier alpha value is -4.07. The second kappa shape index (κ2) is 8.70. The number of hydrazone groups is 1. The molecule has 5 rings (SSSR count). The van der Waals surface area contributed by atoms with Crippen molar-refractivity contribution in [3.05, 3.63) is 71.3 Å². The van der Waals surface area contributed by atoms with Gasteiger partial charge in [0.15, 0.2) is 23.0 Å². The second-order valence-electron chi connectivity index (χ2n) is 7.97. The molecule has 2 aliphatic heterocycles. The van der Waals surface area contributed by atoms with Gasteiger partial charge in [0.1, 0.15) is 5.75 Å². The quantitative estimate of drug-likeness (QED) is 0.570. The fourth-order valence-electron chi connectivity index (χ4n) is 4.59. The van der Waals surface area contributed by atoms with Crippen LogP contribution < -0.4 is 23.7 Å². The van der Waals surface area contributed by atoms with Crippen molar-refractivity contribution in [3.63, 3.8) is 0 Å². The molecule has 2 aliphatic rings. The molecule has 8 nitrogen and oxygen atoms in total. The molecule has 0 aromatic heterocycles. The molecule has 2 atom stereocenters. The van der Waals surface area contributed by atoms with E-state index in [1.165, 1.54) is 0 Å². The van der Waals surface area contributed by atoms with E-state index in [1.54, 1.807) is 40.6 Å². The molecule has 0 amide bonds. The van der Waals surface area contributed by atoms with Crippen molar-refractivity contribution in [1.82, 2.24) is 5.01 Å². The second-order valence-corrected chi connectivity index (χ2v) is 7.97. The van der Waals surface area contributed by atoms with Gasteiger partial charge in [-0.05, 0) is 30.3 Å². The van der Waals surface area contributed by atoms with Gasteiger partial charge in [0.05, 0.1) is 40.2 Å². The Bertz CT molecular complexity index is 1230. The molecule has 8 heteroatoms. The van der Waals surface area contributed by atoms with E-state index in [0.29, 0.717) is 40.7 Å². The van der Waals surface area contributed by atoms with Crippen molar-refractivity contribution in [1.29, 1.82) is 0 Å². The first-order valence-corrected chi connectivity index (χ1v) is 10.9. The number of phenolic OH excluding ortho intramolecular Hbond substituents is 1. The van der Waals surface area contributed by atoms with Gasteiger partial charge in [-0.3, -0.25) is 0 Å². The van der Waals surface area contributed by atoms with Gasteiger partial charge in [0.2, 0.25) is 12.0 Å². The monoisotopic (exact) mass is 462 g/mol. The number of ether oxygens (including phenoxy) is 5. The van der Waals surface area contributed by atoms with Gasteiger partial charge in [0, 0.05) is 23.1 Å². The molecule has 0 aliphatic carbocycles. The number of phenols is 1. The highest BCUT2D eigenvalue weighted by Crippen LogP contribution is 2.52. The van der Waals surface area contributed by atoms with Crippen LogP contribution in [-0.2, 0) is 0 Å². The van der Waals surface area contributed by atoms with Gasteiger partial charge in [-0.2, -0.15) is 5.10 Å². The number of fused-ring (bicyclic) bond motifs is 3. The van der Waals surface area contributed by atoms with E-state index in [9.17, 15) is 5.11 Å². The maximum absolute atomic E-state index is 10.5. The molecule has 0 saturated heterocycles. The Morgan fingerprint density at radius 3 is 2.24 bits per heavy atom. The summed E-state index contributed by atoms with van der Waals surface area (Å²) in [7, 11) is 6.35. The van der Waals surface area contributed by atoms with Crippen LogP contribution in [0.4, 0.5) is 0 Å². The van der Waals surface area contributed by atoms with E-state index in [-0.39, 0.29) is 11.8 Å². The number of hydrogen-bond donors (Lipinski definition) is 1. The summed E-state index contributed by atoms with van der Waals surface area (Å²) in [6.07, 6.45) is 0.00744. The largest absolute Gasteiger partial charge is 0.507 e. The van der Waals surface area contributed by atoms with Crippen LogP contribution in [0, 0.1) is 0 Å². The zero-order chi connectivity index (χ0) is 23.8. The normalized spacial score (nSPS) is 18.4. The first-order valence-electron chi connectivity index (χ1n) is 10.9. The smallest absolute Gasteiger partial charge is 0.214 e. The highest BCUT2D eigenvalue weighted by atomic mass is 16.5. The van der Waals surface area contributed by atoms with E-state index >= 15 is 0 Å². The molecule has 0 spiro atoms. The summed E-state index contributed by atoms with van der Waals surface area (Å²) in [5.41, 5.74) is 3.22. The van der Waals surface area contributed by atoms with Crippen LogP contribution in [0.25, 0.3) is 0 Å². The third-order valence-corrected chi connectivity index (χ3v) is 6.19. The minimum Gasteiger partial charge on any atom is -0.507 e. The Morgan fingerprint density at radius 2 is 1.59 bits per heavy atom. The molecular formula is C26H26N2O6. The first-order chi connectivity index (χ1) is 16.6. The summed E-state index contributed by atoms with van der Waals surface area (Å²) in [5.74, 6) is 3.04. The summed E-state index contributed by atoms with van der Waals surface area (Å²) in [6, 6.07) is 16.7. The molecule has 0 saturated carbocycles. The van der Waals surface area contributed by atoms with Crippen LogP contribution in [0.3, 0.4) is 0 Å². The van der Waals surface area contributed by atoms with Crippen LogP contribution in [0.5, 0.6) is 34.5 Å². The maximum atomic E-state index is 10.5. The predicted molar refractivity (Wildman–Crippen MR) is 126 cm³/mol. The van der Waals surface area contributed by atoms with E-state index in [4.69, 9.17) is 28.8 Å². The van der Waals surface area contributed by atoms with Crippen LogP contribution in [0.1, 0.15) is 35.4 Å². The van der Waals surface area contributed by atoms with Crippen LogP contribution >= 0.6 is 0 Å². The third-order valence-electron chi connectivity index (χ3n) is 6.19. The van der Waals surface area contributed by atoms with E-state index in [1.807, 2.05) is 47.5 Å². The molecule has 0 fully saturated rings. The first kappa shape index (κ1) is 21.8. The Morgan fingerprint density at radius 1 is 0.882 bits per heavy atom. The highest BCUT2D eigenvalue weighted by Gasteiger charge is 2.43. The Kier molecular flexibility index (Phi) is 5.57. The number of aromatic hydroxyl groups is 1. The minimum absolute atomic E-state index is 0.113. The van der Waals surface area contributed by atoms with Crippen molar-refractivity contribution in [3.8, 4) is 34.5 Å². The molecular weight excluding hydrogens is 436 g/mol. The molecule has 176 valence electrons. The van der Waals surface area contributed by atoms with Gasteiger partial charge in [-0.25, -0.2) is 5.01 Å². The summed E-state index contributed by atoms with van der Waals surface area (Å²) >= 11 is 0. The summed E-state index contributed by atoms with van der Waals surface area (Å²) in [5, 5.41) is 17.3. The molecule has 0 bridgehead atoms. The van der Waals surface area contributed by atoms with Gasteiger partial charge in [0.25, 0.3) is 0 Å². The fourth-order valence-corrected chi connectivity index (χ4v) is 4.59. The van der Waals surface area contributed by atoms with Crippen molar-refractivity contribution >= 4 is 5.71 Å². The van der Waals surface area contributed by atoms with Crippen molar-refractivity contribution in [2.75, 3.05) is 28.4 Å². The number of para-hydroxylation sites is 2. The number of methoxy groups -OCH3 is 4. The molecule has 2 heterocycles. The maximum Gasteiger partial charge on any atom is 0.214 e. The Balaban J connectivity index is 1.67. The average Bonchev–Trinajstić information content (AvgIpc) is 3.32. The van der Waals surface area contributed by atoms with E-state index < -0.39 is 6.23 Å². The van der Waals surface area contributed by atoms with Crippen LogP contribution in [-0.4, -0.2) is 44.3 Å². The molecule has 34 heavy (non-hydrogen) atoms. The summed E-state index contributed by atoms with van der Waals surface area (Å²) in [4.78, 5) is 0. The molecule has 1 N–H and O–H groups in total. The zero-order valence-electron chi connectivity index (χ0n) is 19.4. The topological polar surface area (TPSA) is 82.0 Å².